The van der Waals surface area contributed by atoms with Crippen molar-refractivity contribution in [2.45, 2.75) is 39.2 Å². The van der Waals surface area contributed by atoms with Crippen LogP contribution in [0, 0.1) is 11.3 Å². The van der Waals surface area contributed by atoms with Crippen molar-refractivity contribution < 1.29 is 14.7 Å². The monoisotopic (exact) mass is 254 g/mol. The van der Waals surface area contributed by atoms with E-state index in [1.54, 1.807) is 4.90 Å². The average molecular weight is 254 g/mol. The Morgan fingerprint density at radius 3 is 2.61 bits per heavy atom. The molecule has 2 fully saturated rings. The number of nitrogens with one attached hydrogen (secondary N) is 1. The number of aliphatic carboxylic acids is 1. The number of likely N-dealkylation sites (tertiary alicyclic amines) is 1. The molecule has 0 aromatic rings. The van der Waals surface area contributed by atoms with Crippen molar-refractivity contribution in [1.29, 1.82) is 0 Å². The minimum Gasteiger partial charge on any atom is -0.481 e. The molecule has 2 N–H and O–H groups in total. The maximum absolute atomic E-state index is 12.3. The number of rotatable bonds is 3. The van der Waals surface area contributed by atoms with Crippen LogP contribution < -0.4 is 5.32 Å². The average Bonchev–Trinajstić information content (AvgIpc) is 2.21. The van der Waals surface area contributed by atoms with Crippen LogP contribution in [0.5, 0.6) is 0 Å². The van der Waals surface area contributed by atoms with E-state index in [2.05, 4.69) is 19.2 Å². The molecular weight excluding hydrogens is 232 g/mol. The second kappa shape index (κ2) is 4.88. The second-order valence-corrected chi connectivity index (χ2v) is 6.19. The largest absolute Gasteiger partial charge is 0.481 e. The maximum atomic E-state index is 12.3. The summed E-state index contributed by atoms with van der Waals surface area (Å²) in [7, 11) is 0. The van der Waals surface area contributed by atoms with Gasteiger partial charge in [-0.3, -0.25) is 9.59 Å². The molecule has 0 aliphatic carbocycles. The Hall–Kier alpha value is -1.10. The van der Waals surface area contributed by atoms with Crippen molar-refractivity contribution in [3.8, 4) is 0 Å². The lowest BCUT2D eigenvalue weighted by Crippen LogP contribution is -2.61. The zero-order valence-corrected chi connectivity index (χ0v) is 11.1. The summed E-state index contributed by atoms with van der Waals surface area (Å²) in [4.78, 5) is 24.7. The van der Waals surface area contributed by atoms with Crippen LogP contribution in [-0.4, -0.2) is 47.6 Å². The van der Waals surface area contributed by atoms with Crippen LogP contribution in [0.4, 0.5) is 0 Å². The van der Waals surface area contributed by atoms with Gasteiger partial charge in [-0.2, -0.15) is 0 Å². The predicted octanol–water partition coefficient (Wildman–Crippen LogP) is 0.698. The lowest BCUT2D eigenvalue weighted by atomic mass is 9.76. The summed E-state index contributed by atoms with van der Waals surface area (Å²) < 4.78 is 0. The topological polar surface area (TPSA) is 69.6 Å². The number of carboxylic acid groups (broad SMARTS) is 1. The van der Waals surface area contributed by atoms with Crippen molar-refractivity contribution in [3.63, 3.8) is 0 Å². The third-order valence-corrected chi connectivity index (χ3v) is 4.11. The Balaban J connectivity index is 1.87. The van der Waals surface area contributed by atoms with E-state index >= 15 is 0 Å². The molecular formula is C13H22N2O3. The van der Waals surface area contributed by atoms with Gasteiger partial charge in [0.1, 0.15) is 0 Å². The van der Waals surface area contributed by atoms with Crippen LogP contribution in [0.15, 0.2) is 0 Å². The quantitative estimate of drug-likeness (QED) is 0.778. The molecule has 0 bridgehead atoms. The Kier molecular flexibility index (Phi) is 3.61. The summed E-state index contributed by atoms with van der Waals surface area (Å²) in [5, 5.41) is 12.0. The summed E-state index contributed by atoms with van der Waals surface area (Å²) in [6.07, 6.45) is 2.34. The van der Waals surface area contributed by atoms with Crippen LogP contribution in [0.3, 0.4) is 0 Å². The summed E-state index contributed by atoms with van der Waals surface area (Å²) in [6.45, 7) is 6.33. The number of carboxylic acids is 1. The van der Waals surface area contributed by atoms with Crippen LogP contribution in [0.1, 0.15) is 33.1 Å². The standard InChI is InChI=1S/C13H22N2O3/c1-13(2)4-3-5-14-11(13)12(18)15-7-9(8-15)6-10(16)17/h9,11,14H,3-8H2,1-2H3,(H,16,17). The van der Waals surface area contributed by atoms with Crippen molar-refractivity contribution in [3.05, 3.63) is 0 Å². The molecule has 5 nitrogen and oxygen atoms in total. The highest BCUT2D eigenvalue weighted by Crippen LogP contribution is 2.32. The molecule has 2 aliphatic rings. The van der Waals surface area contributed by atoms with Gasteiger partial charge in [0.15, 0.2) is 0 Å². The van der Waals surface area contributed by atoms with Gasteiger partial charge < -0.3 is 15.3 Å². The molecule has 0 aromatic carbocycles. The van der Waals surface area contributed by atoms with Gasteiger partial charge in [-0.25, -0.2) is 0 Å². The Labute approximate surface area is 108 Å². The zero-order chi connectivity index (χ0) is 13.3. The van der Waals surface area contributed by atoms with Gasteiger partial charge in [0.05, 0.1) is 12.5 Å². The van der Waals surface area contributed by atoms with Crippen LogP contribution in [-0.2, 0) is 9.59 Å². The first-order chi connectivity index (χ1) is 8.40. The molecule has 0 aromatic heterocycles. The third-order valence-electron chi connectivity index (χ3n) is 4.11. The lowest BCUT2D eigenvalue weighted by Gasteiger charge is -2.45. The summed E-state index contributed by atoms with van der Waals surface area (Å²) in [5.41, 5.74) is -0.00673. The number of nitrogens with zero attached hydrogens (tertiary/aromatic N) is 1. The third kappa shape index (κ3) is 2.66. The molecule has 0 saturated carbocycles. The van der Waals surface area contributed by atoms with E-state index in [1.807, 2.05) is 0 Å². The van der Waals surface area contributed by atoms with E-state index < -0.39 is 5.97 Å². The predicted molar refractivity (Wildman–Crippen MR) is 67.1 cm³/mol. The van der Waals surface area contributed by atoms with Gasteiger partial charge in [0, 0.05) is 19.0 Å². The van der Waals surface area contributed by atoms with E-state index in [1.165, 1.54) is 0 Å². The number of carbonyl (C=O) groups is 2. The van der Waals surface area contributed by atoms with Crippen LogP contribution in [0.25, 0.3) is 0 Å². The highest BCUT2D eigenvalue weighted by molar-refractivity contribution is 5.84. The van der Waals surface area contributed by atoms with Gasteiger partial charge in [0.25, 0.3) is 0 Å². The van der Waals surface area contributed by atoms with Gasteiger partial charge >= 0.3 is 5.97 Å². The first-order valence-corrected chi connectivity index (χ1v) is 6.64. The molecule has 2 heterocycles. The fourth-order valence-electron chi connectivity index (χ4n) is 2.94. The van der Waals surface area contributed by atoms with Gasteiger partial charge in [-0.1, -0.05) is 13.8 Å². The molecule has 1 amide bonds. The van der Waals surface area contributed by atoms with Gasteiger partial charge in [-0.15, -0.1) is 0 Å². The normalized spacial score (nSPS) is 27.7. The van der Waals surface area contributed by atoms with E-state index in [0.29, 0.717) is 13.1 Å². The SMILES string of the molecule is CC1(C)CCCNC1C(=O)N1CC(CC(=O)O)C1. The molecule has 102 valence electrons. The fourth-order valence-corrected chi connectivity index (χ4v) is 2.94. The molecule has 2 rings (SSSR count). The van der Waals surface area contributed by atoms with Crippen molar-refractivity contribution in [2.75, 3.05) is 19.6 Å². The van der Waals surface area contributed by atoms with Crippen molar-refractivity contribution in [1.82, 2.24) is 10.2 Å². The minimum atomic E-state index is -0.775. The first-order valence-electron chi connectivity index (χ1n) is 6.64. The van der Waals surface area contributed by atoms with Crippen molar-refractivity contribution >= 4 is 11.9 Å². The number of hydrogen-bond donors (Lipinski definition) is 2. The van der Waals surface area contributed by atoms with E-state index in [9.17, 15) is 9.59 Å². The second-order valence-electron chi connectivity index (χ2n) is 6.19. The Bertz CT molecular complexity index is 348. The summed E-state index contributed by atoms with van der Waals surface area (Å²) in [6, 6.07) is -0.114. The first kappa shape index (κ1) is 13.3. The molecule has 18 heavy (non-hydrogen) atoms. The Morgan fingerprint density at radius 1 is 1.39 bits per heavy atom. The molecule has 1 atom stereocenters. The van der Waals surface area contributed by atoms with Crippen molar-refractivity contribution in [2.24, 2.45) is 11.3 Å². The highest BCUT2D eigenvalue weighted by Gasteiger charge is 2.42. The summed E-state index contributed by atoms with van der Waals surface area (Å²) >= 11 is 0. The molecule has 5 heteroatoms. The maximum Gasteiger partial charge on any atom is 0.303 e. The lowest BCUT2D eigenvalue weighted by molar-refractivity contribution is -0.148. The molecule has 2 aliphatic heterocycles. The number of piperidine rings is 1. The van der Waals surface area contributed by atoms with E-state index in [4.69, 9.17) is 5.11 Å². The fraction of sp³-hybridized carbons (Fsp3) is 0.846. The molecule has 0 spiro atoms. The van der Waals surface area contributed by atoms with Crippen LogP contribution >= 0.6 is 0 Å². The van der Waals surface area contributed by atoms with E-state index in [0.717, 1.165) is 19.4 Å². The molecule has 2 saturated heterocycles. The smallest absolute Gasteiger partial charge is 0.303 e. The molecule has 0 radical (unpaired) electrons. The number of amides is 1. The zero-order valence-electron chi connectivity index (χ0n) is 11.1. The number of carbonyl (C=O) groups excluding carboxylic acids is 1. The van der Waals surface area contributed by atoms with Crippen LogP contribution in [0.2, 0.25) is 0 Å². The molecule has 1 unspecified atom stereocenters. The minimum absolute atomic E-state index is 0.00673. The number of hydrogen-bond acceptors (Lipinski definition) is 3. The Morgan fingerprint density at radius 2 is 2.06 bits per heavy atom. The van der Waals surface area contributed by atoms with E-state index in [-0.39, 0.29) is 29.7 Å². The summed E-state index contributed by atoms with van der Waals surface area (Å²) in [5.74, 6) is -0.497. The van der Waals surface area contributed by atoms with Gasteiger partial charge in [-0.05, 0) is 24.8 Å². The highest BCUT2D eigenvalue weighted by atomic mass is 16.4. The van der Waals surface area contributed by atoms with Gasteiger partial charge in [0.2, 0.25) is 5.91 Å².